The fourth-order valence-corrected chi connectivity index (χ4v) is 2.72. The van der Waals surface area contributed by atoms with Crippen LogP contribution >= 0.6 is 0 Å². The number of H-pyrrole nitrogens is 1. The summed E-state index contributed by atoms with van der Waals surface area (Å²) in [5, 5.41) is 5.68. The van der Waals surface area contributed by atoms with Gasteiger partial charge in [0.2, 0.25) is 11.9 Å². The van der Waals surface area contributed by atoms with E-state index in [1.807, 2.05) is 0 Å². The first-order chi connectivity index (χ1) is 10.2. The van der Waals surface area contributed by atoms with Gasteiger partial charge in [0, 0.05) is 33.1 Å². The van der Waals surface area contributed by atoms with Crippen LogP contribution < -0.4 is 15.5 Å². The minimum absolute atomic E-state index is 0.0918. The van der Waals surface area contributed by atoms with Gasteiger partial charge in [0.05, 0.1) is 6.33 Å². The fraction of sp³-hybridized carbons (Fsp3) is 0.538. The van der Waals surface area contributed by atoms with E-state index in [2.05, 4.69) is 35.5 Å². The molecule has 3 rings (SSSR count). The van der Waals surface area contributed by atoms with Crippen LogP contribution in [0.1, 0.15) is 12.8 Å². The number of rotatable bonds is 3. The maximum absolute atomic E-state index is 11.7. The van der Waals surface area contributed by atoms with Crippen LogP contribution in [0.15, 0.2) is 6.33 Å². The van der Waals surface area contributed by atoms with Gasteiger partial charge in [-0.15, -0.1) is 0 Å². The second-order valence-corrected chi connectivity index (χ2v) is 5.10. The number of aromatic amines is 1. The average Bonchev–Trinajstić information content (AvgIpc) is 3.01. The van der Waals surface area contributed by atoms with Crippen molar-refractivity contribution in [1.29, 1.82) is 0 Å². The maximum atomic E-state index is 11.7. The molecule has 0 aromatic carbocycles. The molecule has 1 aliphatic heterocycles. The van der Waals surface area contributed by atoms with Crippen LogP contribution in [0.2, 0.25) is 0 Å². The zero-order valence-corrected chi connectivity index (χ0v) is 12.2. The number of carbonyl (C=O) groups excluding carboxylic acids is 1. The topological polar surface area (TPSA) is 98.8 Å². The van der Waals surface area contributed by atoms with E-state index >= 15 is 0 Å². The highest BCUT2D eigenvalue weighted by Crippen LogP contribution is 2.27. The van der Waals surface area contributed by atoms with Gasteiger partial charge in [-0.3, -0.25) is 4.79 Å². The van der Waals surface area contributed by atoms with Crippen molar-refractivity contribution in [3.05, 3.63) is 6.33 Å². The van der Waals surface area contributed by atoms with Crippen molar-refractivity contribution in [3.8, 4) is 0 Å². The number of hydrogen-bond acceptors (Lipinski definition) is 6. The molecule has 21 heavy (non-hydrogen) atoms. The maximum Gasteiger partial charge on any atom is 0.226 e. The van der Waals surface area contributed by atoms with Crippen LogP contribution in [-0.4, -0.2) is 53.0 Å². The van der Waals surface area contributed by atoms with Gasteiger partial charge in [-0.2, -0.15) is 9.97 Å². The van der Waals surface area contributed by atoms with Crippen LogP contribution in [0.4, 0.5) is 11.8 Å². The van der Waals surface area contributed by atoms with E-state index in [0.29, 0.717) is 11.6 Å². The number of aromatic nitrogens is 4. The first-order valence-electron chi connectivity index (χ1n) is 7.08. The summed E-state index contributed by atoms with van der Waals surface area (Å²) in [6, 6.07) is 0. The lowest BCUT2D eigenvalue weighted by Crippen LogP contribution is -2.40. The molecule has 0 atom stereocenters. The largest absolute Gasteiger partial charge is 0.359 e. The minimum atomic E-state index is 0.0918. The smallest absolute Gasteiger partial charge is 0.226 e. The molecule has 8 heteroatoms. The predicted octanol–water partition coefficient (Wildman–Crippen LogP) is 0.357. The van der Waals surface area contributed by atoms with Gasteiger partial charge in [0.25, 0.3) is 0 Å². The highest BCUT2D eigenvalue weighted by atomic mass is 16.1. The molecule has 1 amide bonds. The molecule has 0 radical (unpaired) electrons. The molecule has 3 N–H and O–H groups in total. The molecule has 0 spiro atoms. The first kappa shape index (κ1) is 13.6. The average molecular weight is 289 g/mol. The SMILES string of the molecule is CNC(=O)C1CCN(c2nc(NC)nc3nc[nH]c23)CC1. The summed E-state index contributed by atoms with van der Waals surface area (Å²) < 4.78 is 0. The summed E-state index contributed by atoms with van der Waals surface area (Å²) in [6.45, 7) is 1.60. The molecule has 0 saturated carbocycles. The number of piperidine rings is 1. The van der Waals surface area contributed by atoms with Crippen molar-refractivity contribution >= 4 is 28.8 Å². The highest BCUT2D eigenvalue weighted by Gasteiger charge is 2.26. The Morgan fingerprint density at radius 3 is 2.76 bits per heavy atom. The molecule has 1 aliphatic rings. The van der Waals surface area contributed by atoms with Gasteiger partial charge in [0.1, 0.15) is 5.52 Å². The summed E-state index contributed by atoms with van der Waals surface area (Å²) in [6.07, 6.45) is 3.28. The molecule has 2 aromatic rings. The number of nitrogens with zero attached hydrogens (tertiary/aromatic N) is 4. The van der Waals surface area contributed by atoms with Crippen molar-refractivity contribution in [3.63, 3.8) is 0 Å². The van der Waals surface area contributed by atoms with Crippen LogP contribution in [0, 0.1) is 5.92 Å². The molecule has 8 nitrogen and oxygen atoms in total. The Balaban J connectivity index is 1.85. The lowest BCUT2D eigenvalue weighted by Gasteiger charge is -2.32. The number of fused-ring (bicyclic) bond motifs is 1. The number of amides is 1. The minimum Gasteiger partial charge on any atom is -0.359 e. The Labute approximate surface area is 122 Å². The molecular formula is C13H19N7O. The van der Waals surface area contributed by atoms with Crippen LogP contribution in [0.25, 0.3) is 11.2 Å². The van der Waals surface area contributed by atoms with Gasteiger partial charge in [0.15, 0.2) is 11.5 Å². The standard InChI is InChI=1S/C13H19N7O/c1-14-12(21)8-3-5-20(6-4-8)11-9-10(17-7-16-9)18-13(15-2)19-11/h7-8H,3-6H2,1-2H3,(H,14,21)(H2,15,16,17,18,19). The van der Waals surface area contributed by atoms with E-state index in [-0.39, 0.29) is 11.8 Å². The lowest BCUT2D eigenvalue weighted by molar-refractivity contribution is -0.125. The molecule has 3 heterocycles. The Kier molecular flexibility index (Phi) is 3.59. The van der Waals surface area contributed by atoms with E-state index in [4.69, 9.17) is 0 Å². The van der Waals surface area contributed by atoms with E-state index in [1.165, 1.54) is 0 Å². The van der Waals surface area contributed by atoms with Crippen molar-refractivity contribution in [2.24, 2.45) is 5.92 Å². The van der Waals surface area contributed by atoms with Gasteiger partial charge < -0.3 is 20.5 Å². The summed E-state index contributed by atoms with van der Waals surface area (Å²) in [7, 11) is 3.47. The molecular weight excluding hydrogens is 270 g/mol. The van der Waals surface area contributed by atoms with Crippen LogP contribution in [0.5, 0.6) is 0 Å². The summed E-state index contributed by atoms with van der Waals surface area (Å²) in [5.41, 5.74) is 1.49. The molecule has 0 unspecified atom stereocenters. The third-order valence-electron chi connectivity index (χ3n) is 3.90. The van der Waals surface area contributed by atoms with Crippen molar-refractivity contribution in [1.82, 2.24) is 25.3 Å². The van der Waals surface area contributed by atoms with E-state index in [1.54, 1.807) is 20.4 Å². The van der Waals surface area contributed by atoms with Gasteiger partial charge in [-0.25, -0.2) is 4.98 Å². The third kappa shape index (κ3) is 2.48. The number of hydrogen-bond donors (Lipinski definition) is 3. The van der Waals surface area contributed by atoms with E-state index < -0.39 is 0 Å². The molecule has 112 valence electrons. The normalized spacial score (nSPS) is 16.2. The lowest BCUT2D eigenvalue weighted by atomic mass is 9.96. The highest BCUT2D eigenvalue weighted by molar-refractivity contribution is 5.84. The Bertz CT molecular complexity index is 645. The Morgan fingerprint density at radius 1 is 1.33 bits per heavy atom. The zero-order valence-electron chi connectivity index (χ0n) is 12.2. The second kappa shape index (κ2) is 5.55. The van der Waals surface area contributed by atoms with Crippen molar-refractivity contribution in [2.45, 2.75) is 12.8 Å². The number of nitrogens with one attached hydrogen (secondary N) is 3. The Hall–Kier alpha value is -2.38. The number of imidazole rings is 1. The van der Waals surface area contributed by atoms with Crippen LogP contribution in [0.3, 0.4) is 0 Å². The number of anilines is 2. The summed E-state index contributed by atoms with van der Waals surface area (Å²) in [5.74, 6) is 1.62. The van der Waals surface area contributed by atoms with Gasteiger partial charge >= 0.3 is 0 Å². The summed E-state index contributed by atoms with van der Waals surface area (Å²) >= 11 is 0. The number of carbonyl (C=O) groups is 1. The molecule has 1 fully saturated rings. The third-order valence-corrected chi connectivity index (χ3v) is 3.90. The first-order valence-corrected chi connectivity index (χ1v) is 7.08. The van der Waals surface area contributed by atoms with Crippen molar-refractivity contribution < 1.29 is 4.79 Å². The molecule has 0 aliphatic carbocycles. The van der Waals surface area contributed by atoms with Crippen molar-refractivity contribution in [2.75, 3.05) is 37.4 Å². The second-order valence-electron chi connectivity index (χ2n) is 5.10. The van der Waals surface area contributed by atoms with E-state index in [0.717, 1.165) is 37.3 Å². The van der Waals surface area contributed by atoms with E-state index in [9.17, 15) is 4.79 Å². The molecule has 2 aromatic heterocycles. The van der Waals surface area contributed by atoms with Gasteiger partial charge in [-0.05, 0) is 12.8 Å². The molecule has 0 bridgehead atoms. The Morgan fingerprint density at radius 2 is 2.10 bits per heavy atom. The zero-order chi connectivity index (χ0) is 14.8. The fourth-order valence-electron chi connectivity index (χ4n) is 2.72. The quantitative estimate of drug-likeness (QED) is 0.754. The monoisotopic (exact) mass is 289 g/mol. The predicted molar refractivity (Wildman–Crippen MR) is 80.2 cm³/mol. The van der Waals surface area contributed by atoms with Crippen LogP contribution in [-0.2, 0) is 4.79 Å². The molecule has 1 saturated heterocycles. The van der Waals surface area contributed by atoms with Gasteiger partial charge in [-0.1, -0.05) is 0 Å². The summed E-state index contributed by atoms with van der Waals surface area (Å²) in [4.78, 5) is 30.0.